The molecular weight excluding hydrogens is 300 g/mol. The molecule has 0 radical (unpaired) electrons. The topological polar surface area (TPSA) is 17.8 Å². The largest absolute Gasteiger partial charge is 0.257 e. The van der Waals surface area contributed by atoms with E-state index >= 15 is 0 Å². The molecular formula is C13H20BrClN2. The highest BCUT2D eigenvalue weighted by molar-refractivity contribution is 9.09. The minimum absolute atomic E-state index is 0.686. The van der Waals surface area contributed by atoms with Gasteiger partial charge in [-0.1, -0.05) is 46.8 Å². The molecule has 0 amide bonds. The van der Waals surface area contributed by atoms with Gasteiger partial charge in [0, 0.05) is 17.4 Å². The zero-order chi connectivity index (χ0) is 12.4. The Morgan fingerprint density at radius 2 is 2.12 bits per heavy atom. The van der Waals surface area contributed by atoms with Crippen molar-refractivity contribution in [1.29, 1.82) is 0 Å². The standard InChI is InChI=1S/C13H20BrClN2/c1-9-12(13(15)17(2)16-9)8-10-5-3-4-6-11(14)7-10/h10-11H,3-8H2,1-2H3. The van der Waals surface area contributed by atoms with Crippen LogP contribution >= 0.6 is 27.5 Å². The maximum Gasteiger partial charge on any atom is 0.130 e. The first kappa shape index (κ1) is 13.4. The van der Waals surface area contributed by atoms with Gasteiger partial charge >= 0.3 is 0 Å². The maximum absolute atomic E-state index is 6.30. The van der Waals surface area contributed by atoms with E-state index in [0.717, 1.165) is 23.2 Å². The molecule has 2 rings (SSSR count). The smallest absolute Gasteiger partial charge is 0.130 e. The summed E-state index contributed by atoms with van der Waals surface area (Å²) in [6.07, 6.45) is 7.70. The molecule has 2 unspecified atom stereocenters. The molecule has 1 aromatic rings. The molecule has 1 aliphatic rings. The molecule has 1 aliphatic carbocycles. The lowest BCUT2D eigenvalue weighted by atomic mass is 9.93. The van der Waals surface area contributed by atoms with Gasteiger partial charge in [-0.05, 0) is 32.1 Å². The molecule has 4 heteroatoms. The molecule has 0 N–H and O–H groups in total. The first-order chi connectivity index (χ1) is 8.08. The van der Waals surface area contributed by atoms with E-state index in [2.05, 4.69) is 28.0 Å². The lowest BCUT2D eigenvalue weighted by Crippen LogP contribution is -2.09. The highest BCUT2D eigenvalue weighted by atomic mass is 79.9. The maximum atomic E-state index is 6.30. The zero-order valence-electron chi connectivity index (χ0n) is 10.5. The quantitative estimate of drug-likeness (QED) is 0.588. The molecule has 96 valence electrons. The molecule has 1 saturated carbocycles. The molecule has 1 aromatic heterocycles. The van der Waals surface area contributed by atoms with Gasteiger partial charge in [-0.2, -0.15) is 5.10 Å². The van der Waals surface area contributed by atoms with E-state index in [9.17, 15) is 0 Å². The summed E-state index contributed by atoms with van der Waals surface area (Å²) in [6, 6.07) is 0. The summed E-state index contributed by atoms with van der Waals surface area (Å²) in [6.45, 7) is 2.06. The van der Waals surface area contributed by atoms with Gasteiger partial charge in [0.15, 0.2) is 0 Å². The van der Waals surface area contributed by atoms with E-state index < -0.39 is 0 Å². The lowest BCUT2D eigenvalue weighted by molar-refractivity contribution is 0.463. The van der Waals surface area contributed by atoms with Crippen molar-refractivity contribution < 1.29 is 0 Å². The molecule has 2 atom stereocenters. The number of hydrogen-bond donors (Lipinski definition) is 0. The fourth-order valence-corrected chi connectivity index (χ4v) is 3.88. The first-order valence-electron chi connectivity index (χ1n) is 6.40. The average molecular weight is 320 g/mol. The van der Waals surface area contributed by atoms with Crippen molar-refractivity contribution in [2.45, 2.75) is 50.3 Å². The molecule has 0 bridgehead atoms. The van der Waals surface area contributed by atoms with Gasteiger partial charge in [0.1, 0.15) is 5.15 Å². The monoisotopic (exact) mass is 318 g/mol. The van der Waals surface area contributed by atoms with E-state index in [1.807, 2.05) is 7.05 Å². The Hall–Kier alpha value is -0.0200. The van der Waals surface area contributed by atoms with E-state index in [0.29, 0.717) is 4.83 Å². The van der Waals surface area contributed by atoms with Crippen LogP contribution in [-0.2, 0) is 13.5 Å². The number of alkyl halides is 1. The minimum Gasteiger partial charge on any atom is -0.257 e. The van der Waals surface area contributed by atoms with Gasteiger partial charge in [-0.25, -0.2) is 0 Å². The van der Waals surface area contributed by atoms with Crippen LogP contribution in [0.4, 0.5) is 0 Å². The Bertz CT molecular complexity index is 389. The number of aryl methyl sites for hydroxylation is 2. The minimum atomic E-state index is 0.686. The van der Waals surface area contributed by atoms with Crippen molar-refractivity contribution in [1.82, 2.24) is 9.78 Å². The van der Waals surface area contributed by atoms with E-state index in [1.54, 1.807) is 4.68 Å². The predicted octanol–water partition coefficient (Wildman–Crippen LogP) is 4.27. The van der Waals surface area contributed by atoms with Gasteiger partial charge in [-0.15, -0.1) is 0 Å². The summed E-state index contributed by atoms with van der Waals surface area (Å²) >= 11 is 10.1. The van der Waals surface area contributed by atoms with Crippen molar-refractivity contribution in [3.05, 3.63) is 16.4 Å². The van der Waals surface area contributed by atoms with Crippen LogP contribution in [-0.4, -0.2) is 14.6 Å². The van der Waals surface area contributed by atoms with E-state index in [1.165, 1.54) is 37.7 Å². The fourth-order valence-electron chi connectivity index (χ4n) is 2.78. The second kappa shape index (κ2) is 5.75. The van der Waals surface area contributed by atoms with Crippen LogP contribution in [0.1, 0.15) is 43.4 Å². The third-order valence-electron chi connectivity index (χ3n) is 3.73. The van der Waals surface area contributed by atoms with E-state index in [-0.39, 0.29) is 0 Å². The molecule has 1 fully saturated rings. The number of rotatable bonds is 2. The van der Waals surface area contributed by atoms with Crippen molar-refractivity contribution in [2.24, 2.45) is 13.0 Å². The highest BCUT2D eigenvalue weighted by Gasteiger charge is 2.21. The zero-order valence-corrected chi connectivity index (χ0v) is 12.9. The normalized spacial score (nSPS) is 25.9. The molecule has 0 spiro atoms. The van der Waals surface area contributed by atoms with Crippen molar-refractivity contribution in [3.63, 3.8) is 0 Å². The molecule has 0 aliphatic heterocycles. The average Bonchev–Trinajstić information content (AvgIpc) is 2.46. The SMILES string of the molecule is Cc1nn(C)c(Cl)c1CC1CCCCC(Br)C1. The van der Waals surface area contributed by atoms with Crippen LogP contribution in [0.15, 0.2) is 0 Å². The number of aromatic nitrogens is 2. The Balaban J connectivity index is 2.08. The van der Waals surface area contributed by atoms with Gasteiger partial charge in [-0.3, -0.25) is 4.68 Å². The molecule has 2 nitrogen and oxygen atoms in total. The second-order valence-corrected chi connectivity index (χ2v) is 6.82. The van der Waals surface area contributed by atoms with Crippen molar-refractivity contribution in [2.75, 3.05) is 0 Å². The van der Waals surface area contributed by atoms with Crippen LogP contribution in [0, 0.1) is 12.8 Å². The fraction of sp³-hybridized carbons (Fsp3) is 0.769. The second-order valence-electron chi connectivity index (χ2n) is 5.17. The van der Waals surface area contributed by atoms with Crippen LogP contribution < -0.4 is 0 Å². The molecule has 1 heterocycles. The number of halogens is 2. The Morgan fingerprint density at radius 1 is 1.41 bits per heavy atom. The van der Waals surface area contributed by atoms with Crippen LogP contribution in [0.3, 0.4) is 0 Å². The van der Waals surface area contributed by atoms with Crippen LogP contribution in [0.5, 0.6) is 0 Å². The lowest BCUT2D eigenvalue weighted by Gasteiger charge is -2.16. The first-order valence-corrected chi connectivity index (χ1v) is 7.69. The Kier molecular flexibility index (Phi) is 4.53. The third kappa shape index (κ3) is 3.25. The van der Waals surface area contributed by atoms with Gasteiger partial charge in [0.25, 0.3) is 0 Å². The number of nitrogens with zero attached hydrogens (tertiary/aromatic N) is 2. The van der Waals surface area contributed by atoms with Crippen molar-refractivity contribution >= 4 is 27.5 Å². The molecule has 0 saturated heterocycles. The Labute approximate surface area is 117 Å². The predicted molar refractivity (Wildman–Crippen MR) is 75.9 cm³/mol. The number of hydrogen-bond acceptors (Lipinski definition) is 1. The summed E-state index contributed by atoms with van der Waals surface area (Å²) in [5, 5.41) is 5.21. The summed E-state index contributed by atoms with van der Waals surface area (Å²) in [7, 11) is 1.92. The van der Waals surface area contributed by atoms with Gasteiger partial charge in [0.05, 0.1) is 5.69 Å². The van der Waals surface area contributed by atoms with Gasteiger partial charge < -0.3 is 0 Å². The summed E-state index contributed by atoms with van der Waals surface area (Å²) in [5.41, 5.74) is 2.34. The van der Waals surface area contributed by atoms with E-state index in [4.69, 9.17) is 11.6 Å². The van der Waals surface area contributed by atoms with Crippen molar-refractivity contribution in [3.8, 4) is 0 Å². The summed E-state index contributed by atoms with van der Waals surface area (Å²) < 4.78 is 1.79. The molecule has 0 aromatic carbocycles. The summed E-state index contributed by atoms with van der Waals surface area (Å²) in [4.78, 5) is 0.686. The third-order valence-corrected chi connectivity index (χ3v) is 5.04. The van der Waals surface area contributed by atoms with Gasteiger partial charge in [0.2, 0.25) is 0 Å². The Morgan fingerprint density at radius 3 is 2.76 bits per heavy atom. The highest BCUT2D eigenvalue weighted by Crippen LogP contribution is 2.32. The van der Waals surface area contributed by atoms with Crippen LogP contribution in [0.25, 0.3) is 0 Å². The van der Waals surface area contributed by atoms with Crippen LogP contribution in [0.2, 0.25) is 5.15 Å². The summed E-state index contributed by atoms with van der Waals surface area (Å²) in [5.74, 6) is 0.752. The molecule has 17 heavy (non-hydrogen) atoms.